The Morgan fingerprint density at radius 1 is 0.532 bits per heavy atom. The van der Waals surface area contributed by atoms with Crippen molar-refractivity contribution >= 4 is 17.8 Å². The quantitative estimate of drug-likeness (QED) is 0.0392. The molecule has 0 saturated heterocycles. The van der Waals surface area contributed by atoms with Crippen molar-refractivity contribution in [1.82, 2.24) is 5.32 Å². The summed E-state index contributed by atoms with van der Waals surface area (Å²) in [6.45, 7) is 4.21. The number of amides is 1. The molecule has 0 aromatic rings. The number of ether oxygens (including phenoxy) is 1. The zero-order chi connectivity index (χ0) is 34.5. The third kappa shape index (κ3) is 36.8. The number of carbonyl (C=O) groups is 3. The average Bonchev–Trinajstić information content (AvgIpc) is 3.05. The summed E-state index contributed by atoms with van der Waals surface area (Å²) in [4.78, 5) is 34.9. The van der Waals surface area contributed by atoms with Gasteiger partial charge in [0, 0.05) is 12.8 Å². The van der Waals surface area contributed by atoms with Crippen LogP contribution in [-0.4, -0.2) is 35.6 Å². The van der Waals surface area contributed by atoms with Crippen LogP contribution in [0.1, 0.15) is 219 Å². The van der Waals surface area contributed by atoms with Crippen molar-refractivity contribution in [3.8, 4) is 0 Å². The standard InChI is InChI=1S/C41H77NO5/c1-3-5-7-9-11-13-15-17-18-20-22-25-29-33-38(34-30-26-24-27-31-35-39(43)42-37-40(44)45)47-41(46)36-32-28-23-21-19-16-14-12-10-8-6-4-2/h12,14,38H,3-11,13,15-37H2,1-2H3,(H,42,43)(H,44,45)/b14-12-. The minimum Gasteiger partial charge on any atom is -0.480 e. The van der Waals surface area contributed by atoms with Crippen LogP contribution in [0.25, 0.3) is 0 Å². The minimum absolute atomic E-state index is 0.0212. The molecule has 0 aliphatic carbocycles. The van der Waals surface area contributed by atoms with Gasteiger partial charge >= 0.3 is 11.9 Å². The van der Waals surface area contributed by atoms with Crippen molar-refractivity contribution in [3.63, 3.8) is 0 Å². The Balaban J connectivity index is 4.17. The highest BCUT2D eigenvalue weighted by molar-refractivity contribution is 5.80. The fourth-order valence-electron chi connectivity index (χ4n) is 6.16. The smallest absolute Gasteiger partial charge is 0.322 e. The van der Waals surface area contributed by atoms with Crippen molar-refractivity contribution in [2.24, 2.45) is 0 Å². The van der Waals surface area contributed by atoms with Crippen molar-refractivity contribution in [3.05, 3.63) is 12.2 Å². The zero-order valence-corrected chi connectivity index (χ0v) is 31.1. The highest BCUT2D eigenvalue weighted by Crippen LogP contribution is 2.19. The van der Waals surface area contributed by atoms with Gasteiger partial charge in [0.15, 0.2) is 0 Å². The van der Waals surface area contributed by atoms with Gasteiger partial charge in [-0.3, -0.25) is 14.4 Å². The van der Waals surface area contributed by atoms with E-state index in [1.54, 1.807) is 0 Å². The maximum Gasteiger partial charge on any atom is 0.322 e. The molecule has 0 saturated carbocycles. The second-order valence-electron chi connectivity index (χ2n) is 13.9. The van der Waals surface area contributed by atoms with Gasteiger partial charge in [0.05, 0.1) is 0 Å². The second kappa shape index (κ2) is 37.0. The molecule has 2 N–H and O–H groups in total. The molecule has 0 fully saturated rings. The van der Waals surface area contributed by atoms with E-state index in [9.17, 15) is 14.4 Å². The van der Waals surface area contributed by atoms with Gasteiger partial charge in [-0.1, -0.05) is 154 Å². The molecule has 0 radical (unpaired) electrons. The van der Waals surface area contributed by atoms with Crippen LogP contribution in [0.2, 0.25) is 0 Å². The summed E-state index contributed by atoms with van der Waals surface area (Å²) in [6.07, 6.45) is 41.8. The van der Waals surface area contributed by atoms with Crippen molar-refractivity contribution in [2.45, 2.75) is 225 Å². The van der Waals surface area contributed by atoms with E-state index in [-0.39, 0.29) is 24.5 Å². The van der Waals surface area contributed by atoms with E-state index < -0.39 is 5.97 Å². The van der Waals surface area contributed by atoms with E-state index in [0.29, 0.717) is 12.8 Å². The number of carboxylic acids is 1. The van der Waals surface area contributed by atoms with Gasteiger partial charge in [-0.15, -0.1) is 0 Å². The molecular formula is C41H77NO5. The van der Waals surface area contributed by atoms with E-state index in [4.69, 9.17) is 9.84 Å². The number of carboxylic acid groups (broad SMARTS) is 1. The number of rotatable bonds is 37. The van der Waals surface area contributed by atoms with Gasteiger partial charge < -0.3 is 15.2 Å². The fraction of sp³-hybridized carbons (Fsp3) is 0.878. The number of hydrogen-bond acceptors (Lipinski definition) is 4. The lowest BCUT2D eigenvalue weighted by molar-refractivity contribution is -0.150. The molecule has 276 valence electrons. The maximum atomic E-state index is 12.7. The number of hydrogen-bond donors (Lipinski definition) is 2. The number of allylic oxidation sites excluding steroid dienone is 2. The molecule has 0 aromatic heterocycles. The van der Waals surface area contributed by atoms with Crippen LogP contribution in [0.15, 0.2) is 12.2 Å². The van der Waals surface area contributed by atoms with Crippen molar-refractivity contribution in [2.75, 3.05) is 6.54 Å². The Kier molecular flexibility index (Phi) is 35.5. The third-order valence-corrected chi connectivity index (χ3v) is 9.19. The summed E-state index contributed by atoms with van der Waals surface area (Å²) in [5.41, 5.74) is 0. The molecule has 0 heterocycles. The molecule has 0 aliphatic heterocycles. The number of carbonyl (C=O) groups excluding carboxylic acids is 2. The van der Waals surface area contributed by atoms with Crippen LogP contribution >= 0.6 is 0 Å². The first-order valence-electron chi connectivity index (χ1n) is 20.3. The number of esters is 1. The third-order valence-electron chi connectivity index (χ3n) is 9.19. The Hall–Kier alpha value is -1.85. The summed E-state index contributed by atoms with van der Waals surface area (Å²) in [7, 11) is 0. The SMILES string of the molecule is CCCCC/C=C\CCCCCCCC(=O)OC(CCCCCCCCCCCCCCC)CCCCCCCC(=O)NCC(=O)O. The molecule has 6 heteroatoms. The van der Waals surface area contributed by atoms with Crippen LogP contribution in [0.5, 0.6) is 0 Å². The predicted octanol–water partition coefficient (Wildman–Crippen LogP) is 12.2. The van der Waals surface area contributed by atoms with Gasteiger partial charge in [0.1, 0.15) is 12.6 Å². The van der Waals surface area contributed by atoms with Gasteiger partial charge in [0.2, 0.25) is 5.91 Å². The monoisotopic (exact) mass is 664 g/mol. The van der Waals surface area contributed by atoms with Crippen molar-refractivity contribution < 1.29 is 24.2 Å². The van der Waals surface area contributed by atoms with Crippen LogP contribution in [0.3, 0.4) is 0 Å². The number of aliphatic carboxylic acids is 1. The normalized spacial score (nSPS) is 12.0. The summed E-state index contributed by atoms with van der Waals surface area (Å²) >= 11 is 0. The average molecular weight is 664 g/mol. The zero-order valence-electron chi connectivity index (χ0n) is 31.1. The van der Waals surface area contributed by atoms with Crippen LogP contribution in [-0.2, 0) is 19.1 Å². The molecule has 6 nitrogen and oxygen atoms in total. The van der Waals surface area contributed by atoms with Gasteiger partial charge in [-0.2, -0.15) is 0 Å². The highest BCUT2D eigenvalue weighted by atomic mass is 16.5. The van der Waals surface area contributed by atoms with E-state index in [2.05, 4.69) is 31.3 Å². The first kappa shape index (κ1) is 45.2. The second-order valence-corrected chi connectivity index (χ2v) is 13.9. The summed E-state index contributed by atoms with van der Waals surface area (Å²) in [5, 5.41) is 11.1. The van der Waals surface area contributed by atoms with E-state index in [1.807, 2.05) is 0 Å². The summed E-state index contributed by atoms with van der Waals surface area (Å²) in [6, 6.07) is 0. The molecule has 0 spiro atoms. The van der Waals surface area contributed by atoms with Gasteiger partial charge in [0.25, 0.3) is 0 Å². The lowest BCUT2D eigenvalue weighted by Gasteiger charge is -2.18. The van der Waals surface area contributed by atoms with Crippen molar-refractivity contribution in [1.29, 1.82) is 0 Å². The van der Waals surface area contributed by atoms with Crippen LogP contribution in [0, 0.1) is 0 Å². The first-order chi connectivity index (χ1) is 23.0. The molecule has 1 unspecified atom stereocenters. The predicted molar refractivity (Wildman–Crippen MR) is 199 cm³/mol. The molecule has 1 atom stereocenters. The first-order valence-corrected chi connectivity index (χ1v) is 20.3. The lowest BCUT2D eigenvalue weighted by Crippen LogP contribution is -2.28. The topological polar surface area (TPSA) is 92.7 Å². The van der Waals surface area contributed by atoms with E-state index in [0.717, 1.165) is 64.2 Å². The molecule has 47 heavy (non-hydrogen) atoms. The summed E-state index contributed by atoms with van der Waals surface area (Å²) in [5.74, 6) is -1.23. The molecule has 0 bridgehead atoms. The van der Waals surface area contributed by atoms with Crippen LogP contribution in [0.4, 0.5) is 0 Å². The fourth-order valence-corrected chi connectivity index (χ4v) is 6.16. The lowest BCUT2D eigenvalue weighted by atomic mass is 10.0. The minimum atomic E-state index is -1.01. The Labute approximate surface area is 291 Å². The Bertz CT molecular complexity index is 737. The highest BCUT2D eigenvalue weighted by Gasteiger charge is 2.14. The largest absolute Gasteiger partial charge is 0.480 e. The number of nitrogens with one attached hydrogen (secondary N) is 1. The molecule has 0 aliphatic rings. The van der Waals surface area contributed by atoms with E-state index >= 15 is 0 Å². The molecule has 1 amide bonds. The number of unbranched alkanes of at least 4 members (excludes halogenated alkanes) is 24. The maximum absolute atomic E-state index is 12.7. The van der Waals surface area contributed by atoms with Gasteiger partial charge in [-0.05, 0) is 64.2 Å². The summed E-state index contributed by atoms with van der Waals surface area (Å²) < 4.78 is 6.01. The van der Waals surface area contributed by atoms with E-state index in [1.165, 1.54) is 128 Å². The molecule has 0 rings (SSSR count). The van der Waals surface area contributed by atoms with Crippen LogP contribution < -0.4 is 5.32 Å². The molecular weight excluding hydrogens is 586 g/mol. The van der Waals surface area contributed by atoms with Gasteiger partial charge in [-0.25, -0.2) is 0 Å². The Morgan fingerprint density at radius 3 is 1.40 bits per heavy atom. The Morgan fingerprint density at radius 2 is 0.915 bits per heavy atom. The molecule has 0 aromatic carbocycles.